The largest absolute Gasteiger partial charge is 0.442 e. The highest BCUT2D eigenvalue weighted by atomic mass is 35.5. The van der Waals surface area contributed by atoms with Crippen LogP contribution >= 0.6 is 23.2 Å². The van der Waals surface area contributed by atoms with Crippen LogP contribution in [0.1, 0.15) is 49.4 Å². The molecule has 1 aromatic heterocycles. The van der Waals surface area contributed by atoms with E-state index in [-0.39, 0.29) is 11.0 Å². The number of furan rings is 1. The Morgan fingerprint density at radius 1 is 1.10 bits per heavy atom. The van der Waals surface area contributed by atoms with Crippen LogP contribution in [0.4, 0.5) is 0 Å². The Morgan fingerprint density at radius 3 is 2.25 bits per heavy atom. The quantitative estimate of drug-likeness (QED) is 0.646. The normalized spacial score (nSPS) is 8.90. The summed E-state index contributed by atoms with van der Waals surface area (Å²) in [4.78, 5) is 10.5. The predicted molar refractivity (Wildman–Crippen MR) is 86.1 cm³/mol. The van der Waals surface area contributed by atoms with Crippen LogP contribution in [0.15, 0.2) is 34.7 Å². The predicted octanol–water partition coefficient (Wildman–Crippen LogP) is 6.04. The summed E-state index contributed by atoms with van der Waals surface area (Å²) in [5.41, 5.74) is 1.80. The van der Waals surface area contributed by atoms with E-state index in [1.54, 1.807) is 12.1 Å². The van der Waals surface area contributed by atoms with Gasteiger partial charge in [0, 0.05) is 17.0 Å². The zero-order chi connectivity index (χ0) is 15.5. The molecule has 0 aliphatic carbocycles. The molecule has 4 heteroatoms. The molecule has 2 nitrogen and oxygen atoms in total. The molecule has 0 bridgehead atoms. The van der Waals surface area contributed by atoms with Crippen molar-refractivity contribution in [3.63, 3.8) is 0 Å². The number of hydrogen-bond donors (Lipinski definition) is 0. The Hall–Kier alpha value is -1.25. The van der Waals surface area contributed by atoms with Gasteiger partial charge in [0.25, 0.3) is 0 Å². The van der Waals surface area contributed by atoms with E-state index >= 15 is 0 Å². The van der Waals surface area contributed by atoms with Gasteiger partial charge in [-0.2, -0.15) is 0 Å². The van der Waals surface area contributed by atoms with E-state index < -0.39 is 0 Å². The van der Waals surface area contributed by atoms with Crippen LogP contribution < -0.4 is 0 Å². The maximum absolute atomic E-state index is 10.5. The number of hydrogen-bond acceptors (Lipinski definition) is 2. The van der Waals surface area contributed by atoms with E-state index in [9.17, 15) is 4.79 Å². The third kappa shape index (κ3) is 5.81. The average Bonchev–Trinajstić information content (AvgIpc) is 2.84. The molecular weight excluding hydrogens is 295 g/mol. The Bertz CT molecular complexity index is 519. The molecule has 110 valence electrons. The van der Waals surface area contributed by atoms with Crippen LogP contribution in [0.2, 0.25) is 10.2 Å². The van der Waals surface area contributed by atoms with Crippen molar-refractivity contribution in [1.29, 1.82) is 0 Å². The smallest absolute Gasteiger partial charge is 0.197 e. The highest BCUT2D eigenvalue weighted by Gasteiger charge is 2.09. The monoisotopic (exact) mass is 314 g/mol. The molecule has 0 saturated heterocycles. The van der Waals surface area contributed by atoms with Crippen molar-refractivity contribution in [2.24, 2.45) is 0 Å². The van der Waals surface area contributed by atoms with Gasteiger partial charge in [-0.05, 0) is 35.4 Å². The first-order valence-corrected chi connectivity index (χ1v) is 7.42. The van der Waals surface area contributed by atoms with E-state index in [2.05, 4.69) is 0 Å². The highest BCUT2D eigenvalue weighted by molar-refractivity contribution is 6.30. The lowest BCUT2D eigenvalue weighted by Gasteiger charge is -1.99. The maximum Gasteiger partial charge on any atom is 0.197 e. The van der Waals surface area contributed by atoms with E-state index in [1.165, 1.54) is 0 Å². The summed E-state index contributed by atoms with van der Waals surface area (Å²) in [5.74, 6) is 0.238. The number of carbonyl (C=O) groups is 1. The zero-order valence-electron chi connectivity index (χ0n) is 12.2. The lowest BCUT2D eigenvalue weighted by Crippen LogP contribution is -1.86. The molecule has 0 N–H and O–H groups in total. The minimum atomic E-state index is 0.238. The van der Waals surface area contributed by atoms with Gasteiger partial charge < -0.3 is 4.42 Å². The van der Waals surface area contributed by atoms with Crippen molar-refractivity contribution in [2.45, 2.75) is 34.1 Å². The van der Waals surface area contributed by atoms with Gasteiger partial charge in [0.05, 0.1) is 0 Å². The number of rotatable bonds is 3. The lowest BCUT2D eigenvalue weighted by atomic mass is 10.1. The lowest BCUT2D eigenvalue weighted by molar-refractivity contribution is 0.110. The molecule has 0 aliphatic rings. The van der Waals surface area contributed by atoms with Crippen LogP contribution in [0.5, 0.6) is 0 Å². The Morgan fingerprint density at radius 2 is 1.75 bits per heavy atom. The van der Waals surface area contributed by atoms with Gasteiger partial charge in [0.2, 0.25) is 0 Å². The SMILES string of the molecule is CC.CC.O=Cc1cc(Cc2cccc(Cl)c2)c(Cl)o1. The molecule has 2 aromatic rings. The Kier molecular flexibility index (Phi) is 9.87. The van der Waals surface area contributed by atoms with Crippen molar-refractivity contribution in [3.05, 3.63) is 57.5 Å². The first-order valence-electron chi connectivity index (χ1n) is 6.67. The summed E-state index contributed by atoms with van der Waals surface area (Å²) in [6, 6.07) is 9.10. The fourth-order valence-corrected chi connectivity index (χ4v) is 1.90. The van der Waals surface area contributed by atoms with Crippen molar-refractivity contribution in [1.82, 2.24) is 0 Å². The maximum atomic E-state index is 10.5. The van der Waals surface area contributed by atoms with E-state index in [4.69, 9.17) is 27.6 Å². The topological polar surface area (TPSA) is 30.2 Å². The van der Waals surface area contributed by atoms with Gasteiger partial charge in [-0.15, -0.1) is 0 Å². The summed E-state index contributed by atoms with van der Waals surface area (Å²) < 4.78 is 5.03. The summed E-state index contributed by atoms with van der Waals surface area (Å²) in [7, 11) is 0. The summed E-state index contributed by atoms with van der Waals surface area (Å²) in [5, 5.41) is 0.926. The fourth-order valence-electron chi connectivity index (χ4n) is 1.47. The minimum Gasteiger partial charge on any atom is -0.442 e. The van der Waals surface area contributed by atoms with Crippen LogP contribution in [0, 0.1) is 0 Å². The van der Waals surface area contributed by atoms with Crippen molar-refractivity contribution < 1.29 is 9.21 Å². The second-order valence-electron chi connectivity index (χ2n) is 3.37. The van der Waals surface area contributed by atoms with Gasteiger partial charge in [-0.1, -0.05) is 51.4 Å². The molecule has 1 heterocycles. The van der Waals surface area contributed by atoms with Crippen molar-refractivity contribution >= 4 is 29.5 Å². The second-order valence-corrected chi connectivity index (χ2v) is 4.15. The molecule has 0 unspecified atom stereocenters. The van der Waals surface area contributed by atoms with Crippen molar-refractivity contribution in [3.8, 4) is 0 Å². The number of halogens is 2. The molecule has 0 amide bonds. The summed E-state index contributed by atoms with van der Waals surface area (Å²) >= 11 is 11.7. The molecule has 0 saturated carbocycles. The number of carbonyl (C=O) groups excluding carboxylic acids is 1. The standard InChI is InChI=1S/C12H8Cl2O2.2C2H6/c13-10-3-1-2-8(5-10)4-9-6-11(7-15)16-12(9)14;2*1-2/h1-3,5-7H,4H2;2*1-2H3. The fraction of sp³-hybridized carbons (Fsp3) is 0.312. The molecule has 0 spiro atoms. The molecule has 2 rings (SSSR count). The number of benzene rings is 1. The van der Waals surface area contributed by atoms with Gasteiger partial charge in [-0.25, -0.2) is 0 Å². The third-order valence-corrected chi connectivity index (χ3v) is 2.73. The molecule has 0 radical (unpaired) electrons. The highest BCUT2D eigenvalue weighted by Crippen LogP contribution is 2.23. The molecule has 20 heavy (non-hydrogen) atoms. The molecule has 1 aromatic carbocycles. The third-order valence-electron chi connectivity index (χ3n) is 2.18. The van der Waals surface area contributed by atoms with Gasteiger partial charge in [-0.3, -0.25) is 4.79 Å². The van der Waals surface area contributed by atoms with Crippen LogP contribution in [0.25, 0.3) is 0 Å². The van der Waals surface area contributed by atoms with Crippen LogP contribution in [0.3, 0.4) is 0 Å². The first-order chi connectivity index (χ1) is 9.69. The van der Waals surface area contributed by atoms with E-state index in [1.807, 2.05) is 45.9 Å². The first kappa shape index (κ1) is 18.8. The Labute approximate surface area is 130 Å². The zero-order valence-corrected chi connectivity index (χ0v) is 13.8. The van der Waals surface area contributed by atoms with Gasteiger partial charge in [0.1, 0.15) is 0 Å². The molecule has 0 fully saturated rings. The summed E-state index contributed by atoms with van der Waals surface area (Å²) in [6.07, 6.45) is 1.23. The molecule has 0 aliphatic heterocycles. The molecule has 0 atom stereocenters. The van der Waals surface area contributed by atoms with Crippen LogP contribution in [-0.2, 0) is 6.42 Å². The van der Waals surface area contributed by atoms with E-state index in [0.29, 0.717) is 17.7 Å². The van der Waals surface area contributed by atoms with Crippen molar-refractivity contribution in [2.75, 3.05) is 0 Å². The summed E-state index contributed by atoms with van der Waals surface area (Å²) in [6.45, 7) is 8.00. The number of aldehydes is 1. The minimum absolute atomic E-state index is 0.238. The second kappa shape index (κ2) is 10.5. The average molecular weight is 315 g/mol. The van der Waals surface area contributed by atoms with Gasteiger partial charge >= 0.3 is 0 Å². The van der Waals surface area contributed by atoms with Crippen LogP contribution in [-0.4, -0.2) is 6.29 Å². The van der Waals surface area contributed by atoms with Gasteiger partial charge in [0.15, 0.2) is 17.3 Å². The Balaban J connectivity index is 0.000000829. The van der Waals surface area contributed by atoms with E-state index in [0.717, 1.165) is 11.1 Å². The molecular formula is C16H20Cl2O2.